The molecule has 0 spiro atoms. The Morgan fingerprint density at radius 3 is 2.54 bits per heavy atom. The van der Waals surface area contributed by atoms with Crippen molar-refractivity contribution in [2.45, 2.75) is 13.0 Å². The lowest BCUT2D eigenvalue weighted by molar-refractivity contribution is 0.0951. The normalized spacial score (nSPS) is 11.0. The van der Waals surface area contributed by atoms with Crippen LogP contribution in [0.3, 0.4) is 0 Å². The lowest BCUT2D eigenvalue weighted by Gasteiger charge is -2.12. The standard InChI is InChI=1S/C18H20Cl3N3O2/c1-23(2)7-3-6-22-17(25)13-8-16(21)18(26)24(11-13)10-12-4-5-14(19)9-15(12)20/h4-5,8-9,11H,3,6-7,10H2,1-2H3,(H,22,25). The van der Waals surface area contributed by atoms with E-state index in [-0.39, 0.29) is 23.0 Å². The van der Waals surface area contributed by atoms with Crippen molar-refractivity contribution in [3.8, 4) is 0 Å². The second-order valence-electron chi connectivity index (χ2n) is 6.16. The average Bonchev–Trinajstić information content (AvgIpc) is 2.57. The molecule has 0 saturated heterocycles. The summed E-state index contributed by atoms with van der Waals surface area (Å²) in [6, 6.07) is 6.41. The highest BCUT2D eigenvalue weighted by Crippen LogP contribution is 2.21. The van der Waals surface area contributed by atoms with Crippen molar-refractivity contribution < 1.29 is 4.79 Å². The van der Waals surface area contributed by atoms with Gasteiger partial charge in [-0.1, -0.05) is 40.9 Å². The molecule has 0 fully saturated rings. The van der Waals surface area contributed by atoms with Crippen molar-refractivity contribution in [3.05, 3.63) is 67.0 Å². The molecule has 0 atom stereocenters. The second kappa shape index (κ2) is 9.42. The number of nitrogens with one attached hydrogen (secondary N) is 1. The topological polar surface area (TPSA) is 54.3 Å². The van der Waals surface area contributed by atoms with Gasteiger partial charge in [0, 0.05) is 22.8 Å². The van der Waals surface area contributed by atoms with E-state index < -0.39 is 0 Å². The molecule has 1 N–H and O–H groups in total. The number of carbonyl (C=O) groups is 1. The van der Waals surface area contributed by atoms with Crippen LogP contribution < -0.4 is 10.9 Å². The molecule has 0 saturated carbocycles. The highest BCUT2D eigenvalue weighted by molar-refractivity contribution is 6.35. The monoisotopic (exact) mass is 415 g/mol. The molecule has 1 aromatic heterocycles. The van der Waals surface area contributed by atoms with Crippen LogP contribution in [0.2, 0.25) is 15.1 Å². The Morgan fingerprint density at radius 1 is 1.15 bits per heavy atom. The van der Waals surface area contributed by atoms with E-state index in [4.69, 9.17) is 34.8 Å². The minimum absolute atomic E-state index is 0.0176. The quantitative estimate of drug-likeness (QED) is 0.702. The maximum Gasteiger partial charge on any atom is 0.269 e. The van der Waals surface area contributed by atoms with E-state index in [9.17, 15) is 9.59 Å². The van der Waals surface area contributed by atoms with Crippen LogP contribution in [0.1, 0.15) is 22.3 Å². The van der Waals surface area contributed by atoms with E-state index in [0.717, 1.165) is 13.0 Å². The molecule has 2 rings (SSSR count). The lowest BCUT2D eigenvalue weighted by atomic mass is 10.2. The first kappa shape index (κ1) is 20.8. The molecule has 5 nitrogen and oxygen atoms in total. The van der Waals surface area contributed by atoms with Gasteiger partial charge in [0.1, 0.15) is 5.02 Å². The number of pyridine rings is 1. The van der Waals surface area contributed by atoms with E-state index in [2.05, 4.69) is 5.32 Å². The first-order valence-corrected chi connectivity index (χ1v) is 9.18. The third-order valence-corrected chi connectivity index (χ3v) is 4.59. The Bertz CT molecular complexity index is 850. The molecule has 1 amide bonds. The Morgan fingerprint density at radius 2 is 1.88 bits per heavy atom. The van der Waals surface area contributed by atoms with Gasteiger partial charge in [-0.05, 0) is 50.8 Å². The number of halogens is 3. The molecule has 0 aliphatic rings. The van der Waals surface area contributed by atoms with Gasteiger partial charge in [0.05, 0.1) is 12.1 Å². The average molecular weight is 417 g/mol. The summed E-state index contributed by atoms with van der Waals surface area (Å²) < 4.78 is 1.37. The van der Waals surface area contributed by atoms with Crippen LogP contribution in [-0.4, -0.2) is 42.6 Å². The Labute approximate surface area is 167 Å². The molecule has 1 heterocycles. The smallest absolute Gasteiger partial charge is 0.269 e. The summed E-state index contributed by atoms with van der Waals surface area (Å²) in [6.07, 6.45) is 2.31. The molecule has 1 aromatic carbocycles. The summed E-state index contributed by atoms with van der Waals surface area (Å²) >= 11 is 18.1. The molecule has 26 heavy (non-hydrogen) atoms. The van der Waals surface area contributed by atoms with Crippen molar-refractivity contribution in [2.75, 3.05) is 27.2 Å². The second-order valence-corrected chi connectivity index (χ2v) is 7.41. The number of aromatic nitrogens is 1. The van der Waals surface area contributed by atoms with Crippen molar-refractivity contribution in [1.82, 2.24) is 14.8 Å². The molecule has 8 heteroatoms. The Balaban J connectivity index is 2.17. The fourth-order valence-electron chi connectivity index (χ4n) is 2.37. The third kappa shape index (κ3) is 5.74. The molecule has 0 bridgehead atoms. The van der Waals surface area contributed by atoms with Crippen LogP contribution in [-0.2, 0) is 6.54 Å². The predicted octanol–water partition coefficient (Wildman–Crippen LogP) is 3.54. The highest BCUT2D eigenvalue weighted by Gasteiger charge is 2.12. The zero-order valence-corrected chi connectivity index (χ0v) is 16.8. The van der Waals surface area contributed by atoms with Gasteiger partial charge in [-0.3, -0.25) is 9.59 Å². The van der Waals surface area contributed by atoms with Gasteiger partial charge in [-0.25, -0.2) is 0 Å². The largest absolute Gasteiger partial charge is 0.352 e. The number of carbonyl (C=O) groups excluding carboxylic acids is 1. The van der Waals surface area contributed by atoms with Crippen LogP contribution in [0.4, 0.5) is 0 Å². The van der Waals surface area contributed by atoms with E-state index >= 15 is 0 Å². The lowest BCUT2D eigenvalue weighted by Crippen LogP contribution is -2.29. The van der Waals surface area contributed by atoms with Crippen LogP contribution in [0.5, 0.6) is 0 Å². The highest BCUT2D eigenvalue weighted by atomic mass is 35.5. The molecule has 0 radical (unpaired) electrons. The van der Waals surface area contributed by atoms with Crippen molar-refractivity contribution in [1.29, 1.82) is 0 Å². The molecule has 0 aliphatic carbocycles. The van der Waals surface area contributed by atoms with E-state index in [0.29, 0.717) is 27.7 Å². The number of hydrogen-bond acceptors (Lipinski definition) is 3. The minimum atomic E-state index is -0.387. The van der Waals surface area contributed by atoms with Gasteiger partial charge in [0.15, 0.2) is 0 Å². The van der Waals surface area contributed by atoms with Crippen LogP contribution in [0, 0.1) is 0 Å². The molecule has 0 unspecified atom stereocenters. The van der Waals surface area contributed by atoms with E-state index in [1.54, 1.807) is 18.2 Å². The maximum absolute atomic E-state index is 12.3. The summed E-state index contributed by atoms with van der Waals surface area (Å²) in [4.78, 5) is 26.7. The predicted molar refractivity (Wildman–Crippen MR) is 107 cm³/mol. The van der Waals surface area contributed by atoms with Gasteiger partial charge < -0.3 is 14.8 Å². The first-order chi connectivity index (χ1) is 12.3. The zero-order chi connectivity index (χ0) is 19.3. The van der Waals surface area contributed by atoms with Crippen molar-refractivity contribution >= 4 is 40.7 Å². The molecule has 140 valence electrons. The molecular weight excluding hydrogens is 397 g/mol. The van der Waals surface area contributed by atoms with E-state index in [1.807, 2.05) is 19.0 Å². The summed E-state index contributed by atoms with van der Waals surface area (Å²) in [7, 11) is 3.94. The summed E-state index contributed by atoms with van der Waals surface area (Å²) in [5.74, 6) is -0.276. The maximum atomic E-state index is 12.3. The third-order valence-electron chi connectivity index (χ3n) is 3.73. The Kier molecular flexibility index (Phi) is 7.53. The first-order valence-electron chi connectivity index (χ1n) is 8.05. The molecule has 0 aliphatic heterocycles. The van der Waals surface area contributed by atoms with Crippen molar-refractivity contribution in [3.63, 3.8) is 0 Å². The zero-order valence-electron chi connectivity index (χ0n) is 14.6. The number of rotatable bonds is 7. The summed E-state index contributed by atoms with van der Waals surface area (Å²) in [5, 5.41) is 3.76. The molecular formula is C18H20Cl3N3O2. The number of amides is 1. The fourth-order valence-corrected chi connectivity index (χ4v) is 3.07. The number of benzene rings is 1. The minimum Gasteiger partial charge on any atom is -0.352 e. The van der Waals surface area contributed by atoms with Gasteiger partial charge in [0.25, 0.3) is 11.5 Å². The van der Waals surface area contributed by atoms with Gasteiger partial charge in [-0.15, -0.1) is 0 Å². The SMILES string of the molecule is CN(C)CCCNC(=O)c1cc(Cl)c(=O)n(Cc2ccc(Cl)cc2Cl)c1. The Hall–Kier alpha value is -1.53. The van der Waals surface area contributed by atoms with Gasteiger partial charge in [-0.2, -0.15) is 0 Å². The van der Waals surface area contributed by atoms with Crippen molar-refractivity contribution in [2.24, 2.45) is 0 Å². The van der Waals surface area contributed by atoms with Crippen LogP contribution in [0.15, 0.2) is 35.3 Å². The summed E-state index contributed by atoms with van der Waals surface area (Å²) in [5.41, 5.74) is 0.643. The number of hydrogen-bond donors (Lipinski definition) is 1. The van der Waals surface area contributed by atoms with Gasteiger partial charge >= 0.3 is 0 Å². The van der Waals surface area contributed by atoms with Crippen LogP contribution >= 0.6 is 34.8 Å². The molecule has 2 aromatic rings. The fraction of sp³-hybridized carbons (Fsp3) is 0.333. The summed E-state index contributed by atoms with van der Waals surface area (Å²) in [6.45, 7) is 1.60. The van der Waals surface area contributed by atoms with E-state index in [1.165, 1.54) is 16.8 Å². The van der Waals surface area contributed by atoms with Crippen LogP contribution in [0.25, 0.3) is 0 Å². The van der Waals surface area contributed by atoms with Gasteiger partial charge in [0.2, 0.25) is 0 Å². The number of nitrogens with zero attached hydrogens (tertiary/aromatic N) is 2.